The van der Waals surface area contributed by atoms with Gasteiger partial charge in [0, 0.05) is 23.5 Å². The molecule has 1 aromatic heterocycles. The number of para-hydroxylation sites is 1. The summed E-state index contributed by atoms with van der Waals surface area (Å²) in [6.07, 6.45) is -0.747. The number of carboxylic acid groups (broad SMARTS) is 2. The second-order valence-corrected chi connectivity index (χ2v) is 8.14. The molecule has 13 nitrogen and oxygen atoms in total. The van der Waals surface area contributed by atoms with Crippen LogP contribution in [0, 0.1) is 0 Å². The molecule has 0 aliphatic heterocycles. The summed E-state index contributed by atoms with van der Waals surface area (Å²) in [6, 6.07) is 1.55. The Kier molecular flexibility index (Phi) is 9.31. The van der Waals surface area contributed by atoms with Crippen LogP contribution in [-0.2, 0) is 30.4 Å². The lowest BCUT2D eigenvalue weighted by Crippen LogP contribution is -2.60. The van der Waals surface area contributed by atoms with Crippen molar-refractivity contribution in [1.82, 2.24) is 20.9 Å². The zero-order valence-electron chi connectivity index (χ0n) is 19.1. The number of carboxylic acids is 2. The van der Waals surface area contributed by atoms with Crippen LogP contribution >= 0.6 is 0 Å². The van der Waals surface area contributed by atoms with Crippen LogP contribution < -0.4 is 21.7 Å². The lowest BCUT2D eigenvalue weighted by Gasteiger charge is -2.26. The number of carbonyl (C=O) groups excluding carboxylic acids is 3. The molecule has 1 aromatic carbocycles. The van der Waals surface area contributed by atoms with Crippen LogP contribution in [0.5, 0.6) is 0 Å². The summed E-state index contributed by atoms with van der Waals surface area (Å²) in [6.45, 7) is 2.52. The Morgan fingerprint density at radius 1 is 0.943 bits per heavy atom. The maximum absolute atomic E-state index is 12.8. The molecule has 0 radical (unpaired) electrons. The molecule has 35 heavy (non-hydrogen) atoms. The van der Waals surface area contributed by atoms with E-state index in [0.717, 1.165) is 10.9 Å². The zero-order chi connectivity index (χ0) is 26.3. The van der Waals surface area contributed by atoms with Gasteiger partial charge in [0.1, 0.15) is 18.1 Å². The molecule has 0 spiro atoms. The number of carbonyl (C=O) groups is 5. The molecular weight excluding hydrogens is 462 g/mol. The van der Waals surface area contributed by atoms with Gasteiger partial charge < -0.3 is 42.0 Å². The van der Waals surface area contributed by atoms with Crippen molar-refractivity contribution in [3.05, 3.63) is 36.0 Å². The van der Waals surface area contributed by atoms with Gasteiger partial charge in [0.2, 0.25) is 17.7 Å². The number of hydrogen-bond acceptors (Lipinski definition) is 7. The average Bonchev–Trinajstić information content (AvgIpc) is 3.18. The first-order valence-electron chi connectivity index (χ1n) is 10.7. The number of aliphatic carboxylic acids is 2. The number of aliphatic hydroxyl groups is 1. The van der Waals surface area contributed by atoms with Gasteiger partial charge in [0.15, 0.2) is 0 Å². The number of aliphatic hydroxyl groups excluding tert-OH is 1. The van der Waals surface area contributed by atoms with Gasteiger partial charge in [-0.1, -0.05) is 18.2 Å². The van der Waals surface area contributed by atoms with E-state index < -0.39 is 66.4 Å². The van der Waals surface area contributed by atoms with Gasteiger partial charge in [0.25, 0.3) is 0 Å². The molecule has 0 bridgehead atoms. The van der Waals surface area contributed by atoms with E-state index in [-0.39, 0.29) is 6.42 Å². The molecule has 0 saturated heterocycles. The molecule has 1 heterocycles. The van der Waals surface area contributed by atoms with Crippen molar-refractivity contribution < 1.29 is 39.3 Å². The largest absolute Gasteiger partial charge is 0.481 e. The van der Waals surface area contributed by atoms with E-state index >= 15 is 0 Å². The van der Waals surface area contributed by atoms with Crippen LogP contribution in [0.15, 0.2) is 30.5 Å². The molecule has 3 amide bonds. The Morgan fingerprint density at radius 3 is 2.14 bits per heavy atom. The summed E-state index contributed by atoms with van der Waals surface area (Å²) in [4.78, 5) is 63.3. The monoisotopic (exact) mass is 491 g/mol. The second kappa shape index (κ2) is 11.9. The highest BCUT2D eigenvalue weighted by atomic mass is 16.4. The van der Waals surface area contributed by atoms with Crippen molar-refractivity contribution >= 4 is 40.6 Å². The number of nitrogens with two attached hydrogens (primary N) is 1. The third-order valence-corrected chi connectivity index (χ3v) is 5.20. The zero-order valence-corrected chi connectivity index (χ0v) is 19.1. The van der Waals surface area contributed by atoms with Crippen molar-refractivity contribution in [2.45, 2.75) is 57.0 Å². The van der Waals surface area contributed by atoms with E-state index in [1.165, 1.54) is 13.8 Å². The summed E-state index contributed by atoms with van der Waals surface area (Å²) in [5.41, 5.74) is 6.85. The van der Waals surface area contributed by atoms with Gasteiger partial charge in [-0.3, -0.25) is 19.2 Å². The fraction of sp³-hybridized carbons (Fsp3) is 0.409. The fourth-order valence-corrected chi connectivity index (χ4v) is 3.33. The Morgan fingerprint density at radius 2 is 1.57 bits per heavy atom. The Hall–Kier alpha value is -3.97. The van der Waals surface area contributed by atoms with E-state index in [1.54, 1.807) is 18.3 Å². The van der Waals surface area contributed by atoms with Gasteiger partial charge in [-0.25, -0.2) is 4.79 Å². The van der Waals surface area contributed by atoms with Crippen LogP contribution in [0.3, 0.4) is 0 Å². The predicted octanol–water partition coefficient (Wildman–Crippen LogP) is -1.55. The quantitative estimate of drug-likeness (QED) is 0.172. The summed E-state index contributed by atoms with van der Waals surface area (Å²) in [5, 5.41) is 36.2. The van der Waals surface area contributed by atoms with Gasteiger partial charge in [-0.15, -0.1) is 0 Å². The number of aromatic amines is 1. The van der Waals surface area contributed by atoms with E-state index in [1.807, 2.05) is 12.1 Å². The maximum atomic E-state index is 12.8. The molecule has 0 aliphatic rings. The van der Waals surface area contributed by atoms with Crippen LogP contribution in [0.1, 0.15) is 25.8 Å². The smallest absolute Gasteiger partial charge is 0.326 e. The van der Waals surface area contributed by atoms with Gasteiger partial charge in [0.05, 0.1) is 18.6 Å². The van der Waals surface area contributed by atoms with Gasteiger partial charge in [-0.05, 0) is 25.5 Å². The average molecular weight is 492 g/mol. The fourth-order valence-electron chi connectivity index (χ4n) is 3.33. The molecule has 2 rings (SSSR count). The summed E-state index contributed by atoms with van der Waals surface area (Å²) < 4.78 is 0. The lowest BCUT2D eigenvalue weighted by atomic mass is 10.0. The topological polar surface area (TPSA) is 224 Å². The summed E-state index contributed by atoms with van der Waals surface area (Å²) >= 11 is 0. The Bertz CT molecular complexity index is 1100. The molecule has 0 aliphatic carbocycles. The minimum absolute atomic E-state index is 0.0857. The van der Waals surface area contributed by atoms with Crippen LogP contribution in [0.25, 0.3) is 10.9 Å². The minimum Gasteiger partial charge on any atom is -0.481 e. The second-order valence-electron chi connectivity index (χ2n) is 8.14. The van der Waals surface area contributed by atoms with E-state index in [2.05, 4.69) is 20.9 Å². The van der Waals surface area contributed by atoms with E-state index in [0.29, 0.717) is 5.56 Å². The Labute approximate surface area is 200 Å². The number of amides is 3. The van der Waals surface area contributed by atoms with Gasteiger partial charge in [-0.2, -0.15) is 0 Å². The highest BCUT2D eigenvalue weighted by Crippen LogP contribution is 2.19. The predicted molar refractivity (Wildman–Crippen MR) is 123 cm³/mol. The molecule has 13 heteroatoms. The highest BCUT2D eigenvalue weighted by molar-refractivity contribution is 5.96. The maximum Gasteiger partial charge on any atom is 0.326 e. The summed E-state index contributed by atoms with van der Waals surface area (Å²) in [5.74, 6) is -5.61. The number of fused-ring (bicyclic) bond motifs is 1. The SMILES string of the molecule is CC(N)C(=O)NC(CC(=O)O)C(=O)NC(C(=O)NC(Cc1c[nH]c2ccccc12)C(=O)O)C(C)O. The number of benzene rings is 1. The lowest BCUT2D eigenvalue weighted by molar-refractivity contribution is -0.144. The Balaban J connectivity index is 2.16. The number of hydrogen-bond donors (Lipinski definition) is 8. The van der Waals surface area contributed by atoms with Crippen molar-refractivity contribution in [3.63, 3.8) is 0 Å². The highest BCUT2D eigenvalue weighted by Gasteiger charge is 2.33. The first-order valence-corrected chi connectivity index (χ1v) is 10.7. The van der Waals surface area contributed by atoms with Crippen molar-refractivity contribution in [3.8, 4) is 0 Å². The molecule has 190 valence electrons. The van der Waals surface area contributed by atoms with Crippen LogP contribution in [-0.4, -0.2) is 80.2 Å². The van der Waals surface area contributed by atoms with E-state index in [4.69, 9.17) is 10.8 Å². The molecular formula is C22H29N5O8. The third-order valence-electron chi connectivity index (χ3n) is 5.20. The molecule has 5 atom stereocenters. The van der Waals surface area contributed by atoms with Crippen molar-refractivity contribution in [2.24, 2.45) is 5.73 Å². The van der Waals surface area contributed by atoms with Crippen molar-refractivity contribution in [2.75, 3.05) is 0 Å². The number of aromatic nitrogens is 1. The molecule has 2 aromatic rings. The number of nitrogens with one attached hydrogen (secondary N) is 4. The van der Waals surface area contributed by atoms with Crippen molar-refractivity contribution in [1.29, 1.82) is 0 Å². The third kappa shape index (κ3) is 7.52. The molecule has 0 fully saturated rings. The van der Waals surface area contributed by atoms with Crippen LogP contribution in [0.4, 0.5) is 0 Å². The van der Waals surface area contributed by atoms with E-state index in [9.17, 15) is 34.2 Å². The van der Waals surface area contributed by atoms with Crippen LogP contribution in [0.2, 0.25) is 0 Å². The first kappa shape index (κ1) is 27.3. The first-order chi connectivity index (χ1) is 16.4. The van der Waals surface area contributed by atoms with Gasteiger partial charge >= 0.3 is 11.9 Å². The number of rotatable bonds is 12. The molecule has 0 saturated carbocycles. The minimum atomic E-state index is -1.63. The molecule has 9 N–H and O–H groups in total. The molecule has 5 unspecified atom stereocenters. The summed E-state index contributed by atoms with van der Waals surface area (Å²) in [7, 11) is 0. The number of H-pyrrole nitrogens is 1. The standard InChI is InChI=1S/C22H29N5O8/c1-10(23)19(31)25-15(8-17(29)30)20(32)27-18(11(2)28)21(33)26-16(22(34)35)7-12-9-24-14-6-4-3-5-13(12)14/h3-6,9-11,15-16,18,24,28H,7-8,23H2,1-2H3,(H,25,31)(H,26,33)(H,27,32)(H,29,30)(H,34,35). The normalized spacial score (nSPS) is 15.3.